The number of carbonyl (C=O) groups is 2. The number of aromatic nitrogens is 1. The standard InChI is InChI=1S/C13H11ClN4O2/c1-7-2-3-8-5-9(11(14)17-10(8)4-7)6-16-18-13(20)12(15)19/h2-6H,1H3,(H2,15,19)(H,18,20)/b16-6+. The van der Waals surface area contributed by atoms with Gasteiger partial charge in [0.1, 0.15) is 5.15 Å². The first kappa shape index (κ1) is 14.0. The van der Waals surface area contributed by atoms with Gasteiger partial charge in [0, 0.05) is 10.9 Å². The molecule has 1 aromatic carbocycles. The Bertz CT molecular complexity index is 728. The number of amides is 2. The number of aryl methyl sites for hydroxylation is 1. The van der Waals surface area contributed by atoms with Crippen molar-refractivity contribution in [2.45, 2.75) is 6.92 Å². The number of rotatable bonds is 2. The normalized spacial score (nSPS) is 10.9. The minimum absolute atomic E-state index is 0.250. The monoisotopic (exact) mass is 290 g/mol. The summed E-state index contributed by atoms with van der Waals surface area (Å²) in [7, 11) is 0. The molecule has 0 bridgehead atoms. The van der Waals surface area contributed by atoms with E-state index in [9.17, 15) is 9.59 Å². The molecule has 0 spiro atoms. The van der Waals surface area contributed by atoms with Gasteiger partial charge >= 0.3 is 11.8 Å². The second-order valence-corrected chi connectivity index (χ2v) is 4.49. The van der Waals surface area contributed by atoms with Crippen molar-refractivity contribution in [2.75, 3.05) is 0 Å². The zero-order chi connectivity index (χ0) is 14.7. The van der Waals surface area contributed by atoms with Gasteiger partial charge in [0.2, 0.25) is 0 Å². The highest BCUT2D eigenvalue weighted by Crippen LogP contribution is 2.20. The number of halogens is 1. The van der Waals surface area contributed by atoms with Gasteiger partial charge < -0.3 is 5.73 Å². The van der Waals surface area contributed by atoms with E-state index in [4.69, 9.17) is 17.3 Å². The number of hydrogen-bond donors (Lipinski definition) is 2. The van der Waals surface area contributed by atoms with Crippen LogP contribution in [0.4, 0.5) is 0 Å². The predicted octanol–water partition coefficient (Wildman–Crippen LogP) is 1.13. The van der Waals surface area contributed by atoms with Gasteiger partial charge in [-0.25, -0.2) is 10.4 Å². The molecule has 6 nitrogen and oxygen atoms in total. The Morgan fingerprint density at radius 2 is 2.15 bits per heavy atom. The average Bonchev–Trinajstić information content (AvgIpc) is 2.39. The summed E-state index contributed by atoms with van der Waals surface area (Å²) in [6.07, 6.45) is 1.30. The van der Waals surface area contributed by atoms with E-state index in [1.54, 1.807) is 6.07 Å². The molecule has 20 heavy (non-hydrogen) atoms. The van der Waals surface area contributed by atoms with E-state index in [1.165, 1.54) is 6.21 Å². The van der Waals surface area contributed by atoms with Crippen molar-refractivity contribution in [1.29, 1.82) is 0 Å². The van der Waals surface area contributed by atoms with Crippen molar-refractivity contribution in [3.63, 3.8) is 0 Å². The molecule has 0 aliphatic heterocycles. The van der Waals surface area contributed by atoms with Crippen LogP contribution >= 0.6 is 11.6 Å². The molecule has 0 radical (unpaired) electrons. The Labute approximate surface area is 119 Å². The predicted molar refractivity (Wildman–Crippen MR) is 76.4 cm³/mol. The number of nitrogens with zero attached hydrogens (tertiary/aromatic N) is 2. The van der Waals surface area contributed by atoms with E-state index in [0.717, 1.165) is 16.5 Å². The van der Waals surface area contributed by atoms with Crippen LogP contribution in [0, 0.1) is 6.92 Å². The van der Waals surface area contributed by atoms with Crippen molar-refractivity contribution >= 4 is 40.5 Å². The molecular weight excluding hydrogens is 280 g/mol. The summed E-state index contributed by atoms with van der Waals surface area (Å²) in [5, 5.41) is 4.74. The zero-order valence-electron chi connectivity index (χ0n) is 10.6. The lowest BCUT2D eigenvalue weighted by Gasteiger charge is -2.03. The van der Waals surface area contributed by atoms with Gasteiger partial charge in [-0.3, -0.25) is 9.59 Å². The lowest BCUT2D eigenvalue weighted by Crippen LogP contribution is -2.32. The molecule has 0 aliphatic carbocycles. The summed E-state index contributed by atoms with van der Waals surface area (Å²) in [5.41, 5.74) is 9.13. The van der Waals surface area contributed by atoms with E-state index in [-0.39, 0.29) is 5.15 Å². The van der Waals surface area contributed by atoms with E-state index in [1.807, 2.05) is 30.5 Å². The second-order valence-electron chi connectivity index (χ2n) is 4.13. The molecule has 2 aromatic rings. The lowest BCUT2D eigenvalue weighted by molar-refractivity contribution is -0.137. The molecule has 102 valence electrons. The van der Waals surface area contributed by atoms with E-state index in [0.29, 0.717) is 5.56 Å². The fraction of sp³-hybridized carbons (Fsp3) is 0.0769. The Balaban J connectivity index is 2.28. The van der Waals surface area contributed by atoms with Crippen LogP contribution in [0.15, 0.2) is 29.4 Å². The number of pyridine rings is 1. The van der Waals surface area contributed by atoms with Crippen LogP contribution in [-0.2, 0) is 9.59 Å². The third-order valence-electron chi connectivity index (χ3n) is 2.55. The maximum absolute atomic E-state index is 10.9. The molecular formula is C13H11ClN4O2. The topological polar surface area (TPSA) is 97.4 Å². The average molecular weight is 291 g/mol. The van der Waals surface area contributed by atoms with Crippen molar-refractivity contribution in [2.24, 2.45) is 10.8 Å². The van der Waals surface area contributed by atoms with E-state index >= 15 is 0 Å². The number of nitrogens with two attached hydrogens (primary N) is 1. The smallest absolute Gasteiger partial charge is 0.329 e. The Morgan fingerprint density at radius 3 is 2.85 bits per heavy atom. The van der Waals surface area contributed by atoms with Gasteiger partial charge in [-0.1, -0.05) is 23.7 Å². The Kier molecular flexibility index (Phi) is 3.95. The molecule has 0 aliphatic rings. The molecule has 1 heterocycles. The molecule has 0 unspecified atom stereocenters. The van der Waals surface area contributed by atoms with Crippen LogP contribution in [-0.4, -0.2) is 23.0 Å². The number of benzene rings is 1. The second kappa shape index (κ2) is 5.66. The zero-order valence-corrected chi connectivity index (χ0v) is 11.3. The molecule has 0 atom stereocenters. The van der Waals surface area contributed by atoms with Crippen LogP contribution in [0.2, 0.25) is 5.15 Å². The van der Waals surface area contributed by atoms with Crippen LogP contribution in [0.1, 0.15) is 11.1 Å². The minimum atomic E-state index is -1.11. The van der Waals surface area contributed by atoms with Gasteiger partial charge in [-0.15, -0.1) is 0 Å². The summed E-state index contributed by atoms with van der Waals surface area (Å²) in [6.45, 7) is 1.96. The van der Waals surface area contributed by atoms with Gasteiger partial charge in [-0.05, 0) is 24.6 Å². The highest BCUT2D eigenvalue weighted by Gasteiger charge is 2.06. The summed E-state index contributed by atoms with van der Waals surface area (Å²) < 4.78 is 0. The number of fused-ring (bicyclic) bond motifs is 1. The van der Waals surface area contributed by atoms with Crippen molar-refractivity contribution in [3.05, 3.63) is 40.5 Å². The fourth-order valence-corrected chi connectivity index (χ4v) is 1.77. The molecule has 0 saturated heterocycles. The van der Waals surface area contributed by atoms with Crippen molar-refractivity contribution in [1.82, 2.24) is 10.4 Å². The molecule has 0 fully saturated rings. The molecule has 1 aromatic heterocycles. The number of carbonyl (C=O) groups excluding carboxylic acids is 2. The van der Waals surface area contributed by atoms with Crippen LogP contribution in [0.3, 0.4) is 0 Å². The van der Waals surface area contributed by atoms with Crippen LogP contribution in [0.25, 0.3) is 10.9 Å². The van der Waals surface area contributed by atoms with Gasteiger partial charge in [0.05, 0.1) is 11.7 Å². The number of hydrogen-bond acceptors (Lipinski definition) is 4. The van der Waals surface area contributed by atoms with Crippen LogP contribution < -0.4 is 11.2 Å². The molecule has 2 amide bonds. The van der Waals surface area contributed by atoms with Gasteiger partial charge in [-0.2, -0.15) is 5.10 Å². The van der Waals surface area contributed by atoms with Gasteiger partial charge in [0.15, 0.2) is 0 Å². The molecule has 0 saturated carbocycles. The molecule has 3 N–H and O–H groups in total. The largest absolute Gasteiger partial charge is 0.361 e. The fourth-order valence-electron chi connectivity index (χ4n) is 1.58. The van der Waals surface area contributed by atoms with Crippen LogP contribution in [0.5, 0.6) is 0 Å². The quantitative estimate of drug-likeness (QED) is 0.375. The lowest BCUT2D eigenvalue weighted by atomic mass is 10.1. The molecule has 7 heteroatoms. The number of nitrogens with one attached hydrogen (secondary N) is 1. The van der Waals surface area contributed by atoms with Gasteiger partial charge in [0.25, 0.3) is 0 Å². The SMILES string of the molecule is Cc1ccc2cc(/C=N/NC(=O)C(N)=O)c(Cl)nc2c1. The summed E-state index contributed by atoms with van der Waals surface area (Å²) in [6, 6.07) is 7.56. The highest BCUT2D eigenvalue weighted by molar-refractivity contribution is 6.34. The third-order valence-corrected chi connectivity index (χ3v) is 2.85. The first-order chi connectivity index (χ1) is 9.47. The first-order valence-corrected chi connectivity index (χ1v) is 6.05. The molecule has 2 rings (SSSR count). The Hall–Kier alpha value is -2.47. The van der Waals surface area contributed by atoms with Crippen molar-refractivity contribution in [3.8, 4) is 0 Å². The maximum Gasteiger partial charge on any atom is 0.329 e. The van der Waals surface area contributed by atoms with Crippen molar-refractivity contribution < 1.29 is 9.59 Å². The number of hydrazone groups is 1. The van der Waals surface area contributed by atoms with E-state index in [2.05, 4.69) is 10.1 Å². The summed E-state index contributed by atoms with van der Waals surface area (Å²) >= 11 is 6.03. The third kappa shape index (κ3) is 3.10. The first-order valence-electron chi connectivity index (χ1n) is 5.67. The Morgan fingerprint density at radius 1 is 1.40 bits per heavy atom. The minimum Gasteiger partial charge on any atom is -0.361 e. The summed E-state index contributed by atoms with van der Waals surface area (Å²) in [5.74, 6) is -2.11. The van der Waals surface area contributed by atoms with E-state index < -0.39 is 11.8 Å². The summed E-state index contributed by atoms with van der Waals surface area (Å²) in [4.78, 5) is 25.7. The number of primary amides is 1. The maximum atomic E-state index is 10.9. The highest BCUT2D eigenvalue weighted by atomic mass is 35.5.